The number of imidazole rings is 1. The molecule has 0 aliphatic carbocycles. The highest BCUT2D eigenvalue weighted by molar-refractivity contribution is 8.00. The van der Waals surface area contributed by atoms with Crippen LogP contribution in [0.3, 0.4) is 0 Å². The fraction of sp³-hybridized carbons (Fsp3) is 0.200. The molecule has 3 rings (SSSR count). The molecule has 23 heavy (non-hydrogen) atoms. The van der Waals surface area contributed by atoms with Gasteiger partial charge in [-0.25, -0.2) is 15.0 Å². The monoisotopic (exact) mass is 347 g/mol. The number of nitrogens with one attached hydrogen (secondary N) is 2. The first kappa shape index (κ1) is 15.8. The van der Waals surface area contributed by atoms with Gasteiger partial charge in [-0.05, 0) is 31.5 Å². The molecule has 0 saturated heterocycles. The van der Waals surface area contributed by atoms with Gasteiger partial charge in [0.25, 0.3) is 0 Å². The minimum absolute atomic E-state index is 0.119. The molecule has 0 bridgehead atoms. The summed E-state index contributed by atoms with van der Waals surface area (Å²) in [7, 11) is 0. The summed E-state index contributed by atoms with van der Waals surface area (Å²) in [6, 6.07) is 5.40. The lowest BCUT2D eigenvalue weighted by Crippen LogP contribution is -2.23. The summed E-state index contributed by atoms with van der Waals surface area (Å²) < 4.78 is 0. The van der Waals surface area contributed by atoms with Crippen molar-refractivity contribution < 1.29 is 4.79 Å². The van der Waals surface area contributed by atoms with Crippen LogP contribution in [0.1, 0.15) is 12.5 Å². The predicted molar refractivity (Wildman–Crippen MR) is 91.8 cm³/mol. The number of aromatic nitrogens is 4. The Bertz CT molecular complexity index is 866. The molecular formula is C15H14ClN5OS. The van der Waals surface area contributed by atoms with Gasteiger partial charge in [-0.15, -0.1) is 0 Å². The Hall–Kier alpha value is -2.12. The van der Waals surface area contributed by atoms with Crippen molar-refractivity contribution in [3.63, 3.8) is 0 Å². The van der Waals surface area contributed by atoms with E-state index in [1.165, 1.54) is 18.1 Å². The van der Waals surface area contributed by atoms with Crippen molar-refractivity contribution >= 4 is 46.1 Å². The number of nitrogens with zero attached hydrogens (tertiary/aromatic N) is 3. The lowest BCUT2D eigenvalue weighted by atomic mass is 10.2. The molecule has 118 valence electrons. The molecule has 1 amide bonds. The number of anilines is 1. The number of benzene rings is 1. The van der Waals surface area contributed by atoms with E-state index in [1.807, 2.05) is 19.9 Å². The number of aromatic amines is 1. The predicted octanol–water partition coefficient (Wildman–Crippen LogP) is 3.43. The molecule has 0 fully saturated rings. The molecule has 2 aromatic heterocycles. The lowest BCUT2D eigenvalue weighted by Gasteiger charge is -2.13. The Morgan fingerprint density at radius 3 is 3.00 bits per heavy atom. The van der Waals surface area contributed by atoms with Crippen LogP contribution in [0.5, 0.6) is 0 Å². The Labute approximate surface area is 142 Å². The molecule has 0 radical (unpaired) electrons. The van der Waals surface area contributed by atoms with E-state index in [1.54, 1.807) is 18.5 Å². The van der Waals surface area contributed by atoms with E-state index in [2.05, 4.69) is 25.3 Å². The number of carbonyl (C=O) groups is 1. The number of thioether (sulfide) groups is 1. The molecule has 1 atom stereocenters. The molecule has 3 aromatic rings. The summed E-state index contributed by atoms with van der Waals surface area (Å²) in [6.07, 6.45) is 3.00. The summed E-state index contributed by atoms with van der Waals surface area (Å²) in [5.74, 6) is -0.119. The second kappa shape index (κ2) is 6.55. The SMILES string of the molecule is Cc1ccc(Cl)cc1NC(=O)[C@H](C)Sc1ncnc2nc[nH]c12. The highest BCUT2D eigenvalue weighted by Crippen LogP contribution is 2.27. The zero-order chi connectivity index (χ0) is 16.4. The number of H-pyrrole nitrogens is 1. The maximum absolute atomic E-state index is 12.4. The van der Waals surface area contributed by atoms with Gasteiger partial charge in [0.05, 0.1) is 11.6 Å². The number of amides is 1. The normalized spacial score (nSPS) is 12.3. The number of halogens is 1. The average Bonchev–Trinajstić information content (AvgIpc) is 3.00. The summed E-state index contributed by atoms with van der Waals surface area (Å²) >= 11 is 7.33. The highest BCUT2D eigenvalue weighted by Gasteiger charge is 2.18. The molecule has 2 N–H and O–H groups in total. The van der Waals surface area contributed by atoms with E-state index >= 15 is 0 Å². The van der Waals surface area contributed by atoms with Gasteiger partial charge in [-0.1, -0.05) is 29.4 Å². The zero-order valence-corrected chi connectivity index (χ0v) is 14.1. The molecule has 0 spiro atoms. The molecule has 0 unspecified atom stereocenters. The molecule has 0 saturated carbocycles. The third-order valence-corrected chi connectivity index (χ3v) is 4.64. The van der Waals surface area contributed by atoms with Crippen LogP contribution < -0.4 is 5.32 Å². The van der Waals surface area contributed by atoms with Crippen LogP contribution >= 0.6 is 23.4 Å². The van der Waals surface area contributed by atoms with Crippen LogP contribution in [-0.4, -0.2) is 31.1 Å². The number of aryl methyl sites for hydroxylation is 1. The van der Waals surface area contributed by atoms with E-state index < -0.39 is 0 Å². The first-order valence-corrected chi connectivity index (χ1v) is 8.18. The summed E-state index contributed by atoms with van der Waals surface area (Å²) in [6.45, 7) is 3.74. The minimum atomic E-state index is -0.338. The molecule has 0 aliphatic heterocycles. The van der Waals surface area contributed by atoms with Crippen molar-refractivity contribution in [3.8, 4) is 0 Å². The third kappa shape index (κ3) is 3.46. The minimum Gasteiger partial charge on any atom is -0.341 e. The summed E-state index contributed by atoms with van der Waals surface area (Å²) in [4.78, 5) is 27.8. The quantitative estimate of drug-likeness (QED) is 0.558. The van der Waals surface area contributed by atoms with E-state index in [-0.39, 0.29) is 11.2 Å². The van der Waals surface area contributed by atoms with Gasteiger partial charge >= 0.3 is 0 Å². The Kier molecular flexibility index (Phi) is 4.49. The fourth-order valence-electron chi connectivity index (χ4n) is 2.02. The number of fused-ring (bicyclic) bond motifs is 1. The van der Waals surface area contributed by atoms with E-state index in [0.29, 0.717) is 21.4 Å². The van der Waals surface area contributed by atoms with Crippen molar-refractivity contribution in [2.45, 2.75) is 24.1 Å². The molecular weight excluding hydrogens is 334 g/mol. The van der Waals surface area contributed by atoms with Crippen LogP contribution in [0, 0.1) is 6.92 Å². The lowest BCUT2D eigenvalue weighted by molar-refractivity contribution is -0.115. The smallest absolute Gasteiger partial charge is 0.237 e. The van der Waals surface area contributed by atoms with Gasteiger partial charge in [0.15, 0.2) is 5.65 Å². The highest BCUT2D eigenvalue weighted by atomic mass is 35.5. The van der Waals surface area contributed by atoms with Crippen LogP contribution in [0.15, 0.2) is 35.9 Å². The van der Waals surface area contributed by atoms with Gasteiger partial charge in [0, 0.05) is 10.7 Å². The van der Waals surface area contributed by atoms with Gasteiger partial charge in [0.2, 0.25) is 5.91 Å². The first-order chi connectivity index (χ1) is 11.0. The molecule has 1 aromatic carbocycles. The second-order valence-electron chi connectivity index (χ2n) is 4.99. The number of carbonyl (C=O) groups excluding carboxylic acids is 1. The average molecular weight is 348 g/mol. The van der Waals surface area contributed by atoms with Gasteiger partial charge in [-0.3, -0.25) is 4.79 Å². The van der Waals surface area contributed by atoms with Crippen molar-refractivity contribution in [1.29, 1.82) is 0 Å². The van der Waals surface area contributed by atoms with E-state index in [0.717, 1.165) is 11.1 Å². The largest absolute Gasteiger partial charge is 0.341 e. The topological polar surface area (TPSA) is 83.6 Å². The zero-order valence-electron chi connectivity index (χ0n) is 12.5. The standard InChI is InChI=1S/C15H14ClN5OS/c1-8-3-4-10(16)5-11(8)21-14(22)9(2)23-15-12-13(18-6-17-12)19-7-20-15/h3-7,9H,1-2H3,(H,21,22)(H,17,18,19,20)/t9-/m0/s1. The van der Waals surface area contributed by atoms with Crippen molar-refractivity contribution in [2.24, 2.45) is 0 Å². The molecule has 2 heterocycles. The van der Waals surface area contributed by atoms with Crippen molar-refractivity contribution in [2.75, 3.05) is 5.32 Å². The van der Waals surface area contributed by atoms with Crippen molar-refractivity contribution in [1.82, 2.24) is 19.9 Å². The maximum Gasteiger partial charge on any atom is 0.237 e. The third-order valence-electron chi connectivity index (χ3n) is 3.30. The van der Waals surface area contributed by atoms with Crippen LogP contribution in [0.25, 0.3) is 11.2 Å². The van der Waals surface area contributed by atoms with Crippen LogP contribution in [0.2, 0.25) is 5.02 Å². The molecule has 8 heteroatoms. The van der Waals surface area contributed by atoms with Crippen LogP contribution in [0.4, 0.5) is 5.69 Å². The summed E-state index contributed by atoms with van der Waals surface area (Å²) in [5, 5.41) is 3.84. The summed E-state index contributed by atoms with van der Waals surface area (Å²) in [5.41, 5.74) is 2.99. The molecule has 0 aliphatic rings. The number of hydrogen-bond donors (Lipinski definition) is 2. The fourth-order valence-corrected chi connectivity index (χ4v) is 3.07. The first-order valence-electron chi connectivity index (χ1n) is 6.92. The van der Waals surface area contributed by atoms with Crippen molar-refractivity contribution in [3.05, 3.63) is 41.4 Å². The maximum atomic E-state index is 12.4. The van der Waals surface area contributed by atoms with Gasteiger partial charge in [0.1, 0.15) is 16.9 Å². The molecule has 6 nitrogen and oxygen atoms in total. The Balaban J connectivity index is 1.75. The number of hydrogen-bond acceptors (Lipinski definition) is 5. The van der Waals surface area contributed by atoms with Gasteiger partial charge in [-0.2, -0.15) is 0 Å². The van der Waals surface area contributed by atoms with E-state index in [4.69, 9.17) is 11.6 Å². The van der Waals surface area contributed by atoms with Crippen LogP contribution in [-0.2, 0) is 4.79 Å². The van der Waals surface area contributed by atoms with Gasteiger partial charge < -0.3 is 10.3 Å². The second-order valence-corrected chi connectivity index (χ2v) is 6.75. The Morgan fingerprint density at radius 1 is 1.35 bits per heavy atom. The number of rotatable bonds is 4. The Morgan fingerprint density at radius 2 is 2.17 bits per heavy atom. The van der Waals surface area contributed by atoms with E-state index in [9.17, 15) is 4.79 Å².